The number of fused-ring (bicyclic) bond motifs is 1. The molecule has 1 aliphatic heterocycles. The number of aryl methyl sites for hydroxylation is 1. The minimum absolute atomic E-state index is 0.0748. The van der Waals surface area contributed by atoms with Gasteiger partial charge in [0.05, 0.1) is 4.91 Å². The molecule has 0 radical (unpaired) electrons. The zero-order valence-corrected chi connectivity index (χ0v) is 20.8. The first kappa shape index (κ1) is 23.3. The highest BCUT2D eigenvalue weighted by atomic mass is 32.2. The lowest BCUT2D eigenvalue weighted by Crippen LogP contribution is -2.34. The van der Waals surface area contributed by atoms with E-state index in [1.165, 1.54) is 18.1 Å². The van der Waals surface area contributed by atoms with Crippen molar-refractivity contribution in [3.8, 4) is 11.1 Å². The summed E-state index contributed by atoms with van der Waals surface area (Å²) in [6, 6.07) is 10.4. The number of anilines is 1. The van der Waals surface area contributed by atoms with Crippen LogP contribution in [-0.2, 0) is 20.4 Å². The lowest BCUT2D eigenvalue weighted by molar-refractivity contribution is -0.115. The fourth-order valence-corrected chi connectivity index (χ4v) is 5.45. The lowest BCUT2D eigenvalue weighted by atomic mass is 9.62. The van der Waals surface area contributed by atoms with Crippen molar-refractivity contribution in [2.75, 3.05) is 5.32 Å². The van der Waals surface area contributed by atoms with Gasteiger partial charge in [-0.05, 0) is 88.4 Å². The van der Waals surface area contributed by atoms with E-state index in [-0.39, 0.29) is 22.0 Å². The Labute approximate surface area is 199 Å². The Hall–Kier alpha value is -2.86. The maximum atomic E-state index is 12.0. The molecular formula is C27H30N2O3S. The highest BCUT2D eigenvalue weighted by molar-refractivity contribution is 8.18. The first-order valence-electron chi connectivity index (χ1n) is 11.2. The third-order valence-electron chi connectivity index (χ3n) is 6.78. The smallest absolute Gasteiger partial charge is 0.290 e. The molecule has 0 bridgehead atoms. The van der Waals surface area contributed by atoms with Crippen LogP contribution in [0.4, 0.5) is 10.5 Å². The van der Waals surface area contributed by atoms with Gasteiger partial charge in [-0.1, -0.05) is 45.9 Å². The number of benzene rings is 2. The first-order chi connectivity index (χ1) is 15.4. The molecule has 1 fully saturated rings. The summed E-state index contributed by atoms with van der Waals surface area (Å²) in [6.45, 7) is 12.8. The molecule has 0 aromatic heterocycles. The number of carbonyl (C=O) groups is 3. The molecule has 2 aromatic rings. The average Bonchev–Trinajstić information content (AvgIpc) is 3.02. The minimum atomic E-state index is -0.398. The Morgan fingerprint density at radius 1 is 1.00 bits per heavy atom. The van der Waals surface area contributed by atoms with Gasteiger partial charge in [-0.2, -0.15) is 0 Å². The van der Waals surface area contributed by atoms with Crippen LogP contribution in [0.1, 0.15) is 69.7 Å². The summed E-state index contributed by atoms with van der Waals surface area (Å²) in [6.07, 6.45) is 3.95. The van der Waals surface area contributed by atoms with Gasteiger partial charge in [0.15, 0.2) is 0 Å². The highest BCUT2D eigenvalue weighted by Gasteiger charge is 2.37. The lowest BCUT2D eigenvalue weighted by Gasteiger charge is -2.42. The van der Waals surface area contributed by atoms with Crippen molar-refractivity contribution < 1.29 is 14.4 Å². The van der Waals surface area contributed by atoms with E-state index in [9.17, 15) is 14.4 Å². The van der Waals surface area contributed by atoms with E-state index < -0.39 is 5.91 Å². The van der Waals surface area contributed by atoms with Crippen LogP contribution in [0.25, 0.3) is 17.2 Å². The summed E-state index contributed by atoms with van der Waals surface area (Å²) in [7, 11) is 0. The van der Waals surface area contributed by atoms with Gasteiger partial charge < -0.3 is 5.32 Å². The number of rotatable bonds is 3. The molecule has 0 unspecified atom stereocenters. The van der Waals surface area contributed by atoms with Crippen LogP contribution < -0.4 is 10.6 Å². The van der Waals surface area contributed by atoms with Gasteiger partial charge >= 0.3 is 0 Å². The van der Waals surface area contributed by atoms with Crippen molar-refractivity contribution in [3.05, 3.63) is 57.5 Å². The third kappa shape index (κ3) is 4.49. The molecule has 2 aliphatic rings. The summed E-state index contributed by atoms with van der Waals surface area (Å²) < 4.78 is 0. The van der Waals surface area contributed by atoms with Gasteiger partial charge in [0.1, 0.15) is 0 Å². The molecule has 0 spiro atoms. The molecule has 1 saturated heterocycles. The van der Waals surface area contributed by atoms with Crippen molar-refractivity contribution in [2.45, 2.75) is 65.2 Å². The second kappa shape index (κ2) is 8.17. The monoisotopic (exact) mass is 462 g/mol. The molecule has 0 saturated carbocycles. The van der Waals surface area contributed by atoms with Crippen LogP contribution >= 0.6 is 11.8 Å². The standard InChI is InChI=1S/C27H30N2O3S/c1-15-11-20-21(27(5,6)10-9-26(20,3)4)14-19(15)18-8-7-17(12-22(18)28-16(2)30)13-23-24(31)29-25(32)33-23/h7-8,11-14H,9-10H2,1-6H3,(H,28,30)(H,29,31,32)/b23-13+. The molecule has 1 aliphatic carbocycles. The molecule has 2 aromatic carbocycles. The van der Waals surface area contributed by atoms with Crippen LogP contribution in [0, 0.1) is 6.92 Å². The van der Waals surface area contributed by atoms with Gasteiger partial charge in [0.25, 0.3) is 11.1 Å². The number of hydrogen-bond donors (Lipinski definition) is 2. The van der Waals surface area contributed by atoms with E-state index in [2.05, 4.69) is 57.4 Å². The third-order valence-corrected chi connectivity index (χ3v) is 7.59. The van der Waals surface area contributed by atoms with Gasteiger partial charge in [0, 0.05) is 18.2 Å². The van der Waals surface area contributed by atoms with Gasteiger partial charge in [-0.25, -0.2) is 0 Å². The van der Waals surface area contributed by atoms with Crippen LogP contribution in [0.3, 0.4) is 0 Å². The fraction of sp³-hybridized carbons (Fsp3) is 0.370. The van der Waals surface area contributed by atoms with Crippen molar-refractivity contribution in [1.29, 1.82) is 0 Å². The van der Waals surface area contributed by atoms with Crippen molar-refractivity contribution in [3.63, 3.8) is 0 Å². The number of imide groups is 1. The quantitative estimate of drug-likeness (QED) is 0.525. The molecule has 5 nitrogen and oxygen atoms in total. The topological polar surface area (TPSA) is 75.3 Å². The molecular weight excluding hydrogens is 432 g/mol. The van der Waals surface area contributed by atoms with E-state index >= 15 is 0 Å². The molecule has 4 rings (SSSR count). The molecule has 33 heavy (non-hydrogen) atoms. The Kier molecular flexibility index (Phi) is 5.77. The number of thioether (sulfide) groups is 1. The van der Waals surface area contributed by atoms with E-state index in [0.29, 0.717) is 10.6 Å². The maximum absolute atomic E-state index is 12.0. The summed E-state index contributed by atoms with van der Waals surface area (Å²) in [4.78, 5) is 35.8. The van der Waals surface area contributed by atoms with Gasteiger partial charge in [-0.3, -0.25) is 19.7 Å². The number of amides is 3. The van der Waals surface area contributed by atoms with E-state index in [4.69, 9.17) is 0 Å². The minimum Gasteiger partial charge on any atom is -0.326 e. The van der Waals surface area contributed by atoms with Gasteiger partial charge in [-0.15, -0.1) is 0 Å². The number of hydrogen-bond acceptors (Lipinski definition) is 4. The molecule has 6 heteroatoms. The van der Waals surface area contributed by atoms with Crippen LogP contribution in [0.2, 0.25) is 0 Å². The summed E-state index contributed by atoms with van der Waals surface area (Å²) >= 11 is 0.880. The molecule has 0 atom stereocenters. The SMILES string of the molecule is CC(=O)Nc1cc(/C=C2/SC(=O)NC2=O)ccc1-c1cc2c(cc1C)C(C)(C)CCC2(C)C. The Bertz CT molecular complexity index is 1220. The van der Waals surface area contributed by atoms with Crippen LogP contribution in [0.15, 0.2) is 35.2 Å². The van der Waals surface area contributed by atoms with E-state index in [1.54, 1.807) is 6.08 Å². The number of nitrogens with one attached hydrogen (secondary N) is 2. The van der Waals surface area contributed by atoms with Crippen molar-refractivity contribution >= 4 is 40.6 Å². The molecule has 2 N–H and O–H groups in total. The first-order valence-corrected chi connectivity index (χ1v) is 12.0. The van der Waals surface area contributed by atoms with E-state index in [0.717, 1.165) is 46.9 Å². The molecule has 172 valence electrons. The maximum Gasteiger partial charge on any atom is 0.290 e. The zero-order chi connectivity index (χ0) is 24.1. The normalized spacial score (nSPS) is 19.9. The number of carbonyl (C=O) groups excluding carboxylic acids is 3. The molecule has 1 heterocycles. The summed E-state index contributed by atoms with van der Waals surface area (Å²) in [5.74, 6) is -0.563. The largest absolute Gasteiger partial charge is 0.326 e. The zero-order valence-electron chi connectivity index (χ0n) is 20.0. The fourth-order valence-electron chi connectivity index (χ4n) is 4.76. The predicted octanol–water partition coefficient (Wildman–Crippen LogP) is 6.29. The summed E-state index contributed by atoms with van der Waals surface area (Å²) in [5.41, 5.74) is 7.57. The average molecular weight is 463 g/mol. The Morgan fingerprint density at radius 2 is 1.64 bits per heavy atom. The summed E-state index contributed by atoms with van der Waals surface area (Å²) in [5, 5.41) is 4.85. The van der Waals surface area contributed by atoms with Gasteiger partial charge in [0.2, 0.25) is 5.91 Å². The molecule has 3 amide bonds. The highest BCUT2D eigenvalue weighted by Crippen LogP contribution is 2.48. The van der Waals surface area contributed by atoms with E-state index in [1.807, 2.05) is 18.2 Å². The predicted molar refractivity (Wildman–Crippen MR) is 135 cm³/mol. The Morgan fingerprint density at radius 3 is 2.21 bits per heavy atom. The Balaban J connectivity index is 1.85. The second-order valence-corrected chi connectivity index (χ2v) is 11.3. The second-order valence-electron chi connectivity index (χ2n) is 10.3. The van der Waals surface area contributed by atoms with Crippen molar-refractivity contribution in [1.82, 2.24) is 5.32 Å². The van der Waals surface area contributed by atoms with Crippen LogP contribution in [0.5, 0.6) is 0 Å². The van der Waals surface area contributed by atoms with Crippen molar-refractivity contribution in [2.24, 2.45) is 0 Å². The van der Waals surface area contributed by atoms with Crippen LogP contribution in [-0.4, -0.2) is 17.1 Å².